The molecule has 2 aromatic heterocycles. The van der Waals surface area contributed by atoms with Crippen LogP contribution in [0.2, 0.25) is 5.02 Å². The summed E-state index contributed by atoms with van der Waals surface area (Å²) in [4.78, 5) is 18.4. The third-order valence-electron chi connectivity index (χ3n) is 3.61. The van der Waals surface area contributed by atoms with Gasteiger partial charge in [0.05, 0.1) is 30.4 Å². The van der Waals surface area contributed by atoms with Crippen LogP contribution in [-0.4, -0.2) is 29.0 Å². The molecule has 25 heavy (non-hydrogen) atoms. The van der Waals surface area contributed by atoms with Crippen molar-refractivity contribution in [1.82, 2.24) is 9.55 Å². The van der Waals surface area contributed by atoms with Gasteiger partial charge in [-0.25, -0.2) is 4.98 Å². The van der Waals surface area contributed by atoms with Crippen molar-refractivity contribution in [2.24, 2.45) is 0 Å². The minimum Gasteiger partial charge on any atom is -0.383 e. The third kappa shape index (κ3) is 3.58. The summed E-state index contributed by atoms with van der Waals surface area (Å²) in [5.41, 5.74) is 1.45. The Morgan fingerprint density at radius 2 is 2.20 bits per heavy atom. The minimum absolute atomic E-state index is 0.140. The van der Waals surface area contributed by atoms with Crippen LogP contribution in [0.4, 0.5) is 0 Å². The van der Waals surface area contributed by atoms with E-state index in [9.17, 15) is 4.79 Å². The first-order valence-corrected chi connectivity index (χ1v) is 9.67. The molecular formula is C17H14ClN3O2S2. The summed E-state index contributed by atoms with van der Waals surface area (Å²) in [6.07, 6.45) is 0. The number of ether oxygens (including phenoxy) is 1. The van der Waals surface area contributed by atoms with Crippen molar-refractivity contribution < 1.29 is 4.74 Å². The van der Waals surface area contributed by atoms with E-state index in [1.54, 1.807) is 17.7 Å². The maximum absolute atomic E-state index is 13.1. The SMILES string of the molecule is COCCn1c(SCC#N)nc2scc(-c3ccccc3Cl)c2c1=O. The summed E-state index contributed by atoms with van der Waals surface area (Å²) in [7, 11) is 1.58. The predicted molar refractivity (Wildman–Crippen MR) is 103 cm³/mol. The van der Waals surface area contributed by atoms with E-state index in [0.717, 1.165) is 11.1 Å². The van der Waals surface area contributed by atoms with Gasteiger partial charge in [0.2, 0.25) is 0 Å². The molecule has 0 atom stereocenters. The molecule has 0 aliphatic heterocycles. The number of rotatable bonds is 6. The molecule has 0 aliphatic rings. The highest BCUT2D eigenvalue weighted by atomic mass is 35.5. The first kappa shape index (κ1) is 18.0. The molecule has 0 unspecified atom stereocenters. The number of benzene rings is 1. The number of thiophene rings is 1. The summed E-state index contributed by atoms with van der Waals surface area (Å²) in [6.45, 7) is 0.766. The fourth-order valence-corrected chi connectivity index (χ4v) is 4.37. The molecule has 0 aliphatic carbocycles. The van der Waals surface area contributed by atoms with E-state index in [0.29, 0.717) is 33.5 Å². The summed E-state index contributed by atoms with van der Waals surface area (Å²) < 4.78 is 6.68. The van der Waals surface area contributed by atoms with Crippen LogP contribution in [0.1, 0.15) is 0 Å². The molecule has 0 radical (unpaired) electrons. The second-order valence-electron chi connectivity index (χ2n) is 5.10. The Bertz CT molecular complexity index is 1010. The van der Waals surface area contributed by atoms with Crippen LogP contribution in [0.3, 0.4) is 0 Å². The van der Waals surface area contributed by atoms with Crippen LogP contribution in [-0.2, 0) is 11.3 Å². The van der Waals surface area contributed by atoms with Crippen LogP contribution in [0.25, 0.3) is 21.3 Å². The maximum Gasteiger partial charge on any atom is 0.263 e. The van der Waals surface area contributed by atoms with Gasteiger partial charge in [0, 0.05) is 28.6 Å². The highest BCUT2D eigenvalue weighted by molar-refractivity contribution is 7.99. The van der Waals surface area contributed by atoms with E-state index in [4.69, 9.17) is 21.6 Å². The summed E-state index contributed by atoms with van der Waals surface area (Å²) >= 11 is 8.96. The number of halogens is 1. The third-order valence-corrected chi connectivity index (χ3v) is 5.65. The van der Waals surface area contributed by atoms with Gasteiger partial charge >= 0.3 is 0 Å². The monoisotopic (exact) mass is 391 g/mol. The lowest BCUT2D eigenvalue weighted by molar-refractivity contribution is 0.183. The maximum atomic E-state index is 13.1. The van der Waals surface area contributed by atoms with Crippen molar-refractivity contribution in [3.8, 4) is 17.2 Å². The Balaban J connectivity index is 2.22. The van der Waals surface area contributed by atoms with Gasteiger partial charge in [-0.2, -0.15) is 5.26 Å². The number of hydrogen-bond donors (Lipinski definition) is 0. The number of hydrogen-bond acceptors (Lipinski definition) is 6. The fourth-order valence-electron chi connectivity index (χ4n) is 2.47. The number of nitrogens with zero attached hydrogens (tertiary/aromatic N) is 3. The van der Waals surface area contributed by atoms with Gasteiger partial charge in [-0.05, 0) is 6.07 Å². The number of fused-ring (bicyclic) bond motifs is 1. The number of aromatic nitrogens is 2. The molecule has 0 saturated carbocycles. The molecule has 0 amide bonds. The molecule has 0 bridgehead atoms. The second-order valence-corrected chi connectivity index (χ2v) is 7.31. The number of nitriles is 1. The number of methoxy groups -OCH3 is 1. The van der Waals surface area contributed by atoms with Crippen LogP contribution in [0.15, 0.2) is 39.6 Å². The standard InChI is InChI=1S/C17H14ClN3O2S2/c1-23-8-7-21-16(22)14-12(11-4-2-3-5-13(11)18)10-25-15(14)20-17(21)24-9-6-19/h2-5,10H,7-9H2,1H3. The Morgan fingerprint density at radius 1 is 1.40 bits per heavy atom. The topological polar surface area (TPSA) is 67.9 Å². The number of thioether (sulfide) groups is 1. The fraction of sp³-hybridized carbons (Fsp3) is 0.235. The Labute approximate surface area is 157 Å². The van der Waals surface area contributed by atoms with E-state index in [-0.39, 0.29) is 11.3 Å². The lowest BCUT2D eigenvalue weighted by Crippen LogP contribution is -2.25. The van der Waals surface area contributed by atoms with Gasteiger partial charge < -0.3 is 4.74 Å². The van der Waals surface area contributed by atoms with Crippen LogP contribution < -0.4 is 5.56 Å². The molecular weight excluding hydrogens is 378 g/mol. The van der Waals surface area contributed by atoms with Crippen molar-refractivity contribution in [1.29, 1.82) is 5.26 Å². The summed E-state index contributed by atoms with van der Waals surface area (Å²) in [5, 5.41) is 12.4. The summed E-state index contributed by atoms with van der Waals surface area (Å²) in [6, 6.07) is 9.50. The molecule has 5 nitrogen and oxygen atoms in total. The lowest BCUT2D eigenvalue weighted by atomic mass is 10.1. The zero-order valence-electron chi connectivity index (χ0n) is 13.4. The van der Waals surface area contributed by atoms with E-state index >= 15 is 0 Å². The normalized spacial score (nSPS) is 10.9. The average molecular weight is 392 g/mol. The van der Waals surface area contributed by atoms with Crippen molar-refractivity contribution in [2.75, 3.05) is 19.5 Å². The summed E-state index contributed by atoms with van der Waals surface area (Å²) in [5.74, 6) is 0.230. The molecule has 0 spiro atoms. The van der Waals surface area contributed by atoms with E-state index in [1.807, 2.05) is 23.6 Å². The molecule has 2 heterocycles. The van der Waals surface area contributed by atoms with Gasteiger partial charge in [-0.1, -0.05) is 41.6 Å². The Kier molecular flexibility index (Phi) is 5.76. The first-order chi connectivity index (χ1) is 12.2. The van der Waals surface area contributed by atoms with Crippen LogP contribution >= 0.6 is 34.7 Å². The Hall–Kier alpha value is -1.85. The molecule has 0 saturated heterocycles. The predicted octanol–water partition coefficient (Wildman–Crippen LogP) is 4.04. The molecule has 3 aromatic rings. The van der Waals surface area contributed by atoms with Crippen LogP contribution in [0, 0.1) is 11.3 Å². The smallest absolute Gasteiger partial charge is 0.263 e. The van der Waals surface area contributed by atoms with Gasteiger partial charge in [0.15, 0.2) is 5.16 Å². The highest BCUT2D eigenvalue weighted by Gasteiger charge is 2.18. The molecule has 8 heteroatoms. The zero-order chi connectivity index (χ0) is 17.8. The van der Waals surface area contributed by atoms with Gasteiger partial charge in [0.25, 0.3) is 5.56 Å². The van der Waals surface area contributed by atoms with Crippen LogP contribution in [0.5, 0.6) is 0 Å². The van der Waals surface area contributed by atoms with Crippen molar-refractivity contribution >= 4 is 44.9 Å². The van der Waals surface area contributed by atoms with Gasteiger partial charge in [0.1, 0.15) is 4.83 Å². The van der Waals surface area contributed by atoms with Gasteiger partial charge in [-0.15, -0.1) is 11.3 Å². The highest BCUT2D eigenvalue weighted by Crippen LogP contribution is 2.35. The second kappa shape index (κ2) is 8.02. The molecule has 0 N–H and O–H groups in total. The quantitative estimate of drug-likeness (QED) is 0.468. The van der Waals surface area contributed by atoms with E-state index < -0.39 is 0 Å². The average Bonchev–Trinajstić information content (AvgIpc) is 3.03. The largest absolute Gasteiger partial charge is 0.383 e. The van der Waals surface area contributed by atoms with Gasteiger partial charge in [-0.3, -0.25) is 9.36 Å². The molecule has 0 fully saturated rings. The zero-order valence-corrected chi connectivity index (χ0v) is 15.7. The van der Waals surface area contributed by atoms with Crippen molar-refractivity contribution in [3.05, 3.63) is 45.0 Å². The first-order valence-electron chi connectivity index (χ1n) is 7.43. The van der Waals surface area contributed by atoms with E-state index in [1.165, 1.54) is 23.1 Å². The Morgan fingerprint density at radius 3 is 2.92 bits per heavy atom. The van der Waals surface area contributed by atoms with Crippen molar-refractivity contribution in [2.45, 2.75) is 11.7 Å². The molecule has 128 valence electrons. The van der Waals surface area contributed by atoms with Crippen molar-refractivity contribution in [3.63, 3.8) is 0 Å². The lowest BCUT2D eigenvalue weighted by Gasteiger charge is -2.11. The molecule has 3 rings (SSSR count). The van der Waals surface area contributed by atoms with E-state index in [2.05, 4.69) is 11.1 Å². The minimum atomic E-state index is -0.140. The molecule has 1 aromatic carbocycles.